The van der Waals surface area contributed by atoms with Gasteiger partial charge in [-0.25, -0.2) is 4.79 Å². The second-order valence-electron chi connectivity index (χ2n) is 14.8. The van der Waals surface area contributed by atoms with Gasteiger partial charge in [-0.3, -0.25) is 9.59 Å². The van der Waals surface area contributed by atoms with Crippen LogP contribution in [0.5, 0.6) is 11.5 Å². The molecule has 0 spiro atoms. The second-order valence-corrected chi connectivity index (χ2v) is 14.8. The molecule has 3 amide bonds. The summed E-state index contributed by atoms with van der Waals surface area (Å²) in [6.45, 7) is 18.5. The Hall–Kier alpha value is -3.05. The predicted octanol–water partition coefficient (Wildman–Crippen LogP) is 5.51. The van der Waals surface area contributed by atoms with Crippen LogP contribution in [0.3, 0.4) is 0 Å². The molecule has 1 rings (SSSR count). The fourth-order valence-corrected chi connectivity index (χ4v) is 5.49. The van der Waals surface area contributed by atoms with Crippen LogP contribution in [0.25, 0.3) is 0 Å². The number of amides is 3. The van der Waals surface area contributed by atoms with Crippen molar-refractivity contribution < 1.29 is 38.4 Å². The van der Waals surface area contributed by atoms with Crippen LogP contribution in [0.15, 0.2) is 18.2 Å². The van der Waals surface area contributed by atoms with Crippen molar-refractivity contribution in [3.05, 3.63) is 23.8 Å². The van der Waals surface area contributed by atoms with Gasteiger partial charge < -0.3 is 40.0 Å². The minimum absolute atomic E-state index is 0.0339. The summed E-state index contributed by atoms with van der Waals surface area (Å²) in [5.74, 6) is 0.559. The fourth-order valence-electron chi connectivity index (χ4n) is 5.49. The van der Waals surface area contributed by atoms with Crippen molar-refractivity contribution in [2.75, 3.05) is 34.5 Å². The van der Waals surface area contributed by atoms with E-state index >= 15 is 0 Å². The van der Waals surface area contributed by atoms with Crippen molar-refractivity contribution in [3.8, 4) is 11.5 Å². The van der Waals surface area contributed by atoms with Crippen molar-refractivity contribution >= 4 is 17.9 Å². The van der Waals surface area contributed by atoms with E-state index in [-0.39, 0.29) is 54.4 Å². The van der Waals surface area contributed by atoms with Gasteiger partial charge in [0.2, 0.25) is 11.8 Å². The number of aliphatic hydroxyl groups excluding tert-OH is 1. The molecule has 0 saturated heterocycles. The number of nitrogens with one attached hydrogen (secondary N) is 3. The minimum atomic E-state index is -1.04. The summed E-state index contributed by atoms with van der Waals surface area (Å²) in [4.78, 5) is 38.8. The molecule has 0 radical (unpaired) electrons. The number of benzene rings is 1. The molecule has 276 valence electrons. The Kier molecular flexibility index (Phi) is 18.9. The molecule has 0 bridgehead atoms. The summed E-state index contributed by atoms with van der Waals surface area (Å²) in [6.07, 6.45) is 0.491. The molecule has 1 aromatic carbocycles. The maximum absolute atomic E-state index is 13.6. The number of methoxy groups -OCH3 is 2. The first-order valence-electron chi connectivity index (χ1n) is 17.4. The number of hydrogen-bond donors (Lipinski definition) is 4. The lowest BCUT2D eigenvalue weighted by atomic mass is 9.80. The summed E-state index contributed by atoms with van der Waals surface area (Å²) in [6, 6.07) is 4.85. The van der Waals surface area contributed by atoms with E-state index in [1.807, 2.05) is 45.9 Å². The topological polar surface area (TPSA) is 144 Å². The Morgan fingerprint density at radius 3 is 2.04 bits per heavy atom. The van der Waals surface area contributed by atoms with Gasteiger partial charge in [0, 0.05) is 45.6 Å². The van der Waals surface area contributed by atoms with Crippen LogP contribution in [-0.2, 0) is 25.5 Å². The van der Waals surface area contributed by atoms with Crippen molar-refractivity contribution in [1.82, 2.24) is 16.0 Å². The Labute approximate surface area is 289 Å². The quantitative estimate of drug-likeness (QED) is 0.125. The van der Waals surface area contributed by atoms with Gasteiger partial charge in [0.15, 0.2) is 11.5 Å². The largest absolute Gasteiger partial charge is 0.493 e. The van der Waals surface area contributed by atoms with Crippen LogP contribution >= 0.6 is 0 Å². The highest BCUT2D eigenvalue weighted by Crippen LogP contribution is 2.32. The maximum Gasteiger partial charge on any atom is 0.407 e. The van der Waals surface area contributed by atoms with Gasteiger partial charge in [-0.2, -0.15) is 0 Å². The van der Waals surface area contributed by atoms with E-state index in [0.29, 0.717) is 37.6 Å². The van der Waals surface area contributed by atoms with E-state index in [2.05, 4.69) is 29.8 Å². The molecule has 0 aliphatic carbocycles. The SMILES string of the molecule is CNC(=O)C[C@@H](NC(=O)[C@@H](C[C@H](O)[C@H](C[C@H](Cc1ccc(OC)c(OCCCOC)c1)C(C)C)NC(=O)OC(C)(C)C)C(C)C)C(C)C. The highest BCUT2D eigenvalue weighted by molar-refractivity contribution is 5.81. The molecule has 0 aromatic heterocycles. The Bertz CT molecular complexity index is 1120. The molecule has 4 N–H and O–H groups in total. The molecular formula is C37H65N3O8. The molecule has 0 saturated carbocycles. The molecule has 11 nitrogen and oxygen atoms in total. The number of alkyl carbamates (subject to hydrolysis) is 1. The van der Waals surface area contributed by atoms with Gasteiger partial charge in [0.05, 0.1) is 25.9 Å². The fraction of sp³-hybridized carbons (Fsp3) is 0.757. The number of rotatable bonds is 21. The van der Waals surface area contributed by atoms with Gasteiger partial charge in [-0.05, 0) is 81.4 Å². The van der Waals surface area contributed by atoms with Gasteiger partial charge in [0.25, 0.3) is 0 Å². The van der Waals surface area contributed by atoms with E-state index in [1.165, 1.54) is 0 Å². The number of ether oxygens (including phenoxy) is 4. The highest BCUT2D eigenvalue weighted by atomic mass is 16.6. The molecule has 0 aliphatic heterocycles. The summed E-state index contributed by atoms with van der Waals surface area (Å²) in [7, 11) is 4.84. The first-order valence-corrected chi connectivity index (χ1v) is 17.4. The normalized spacial score (nSPS) is 15.0. The average molecular weight is 680 g/mol. The van der Waals surface area contributed by atoms with Crippen LogP contribution in [0.4, 0.5) is 4.79 Å². The smallest absolute Gasteiger partial charge is 0.407 e. The molecule has 11 heteroatoms. The number of carbonyl (C=O) groups is 3. The number of aliphatic hydroxyl groups is 1. The monoisotopic (exact) mass is 679 g/mol. The van der Waals surface area contributed by atoms with Gasteiger partial charge in [0.1, 0.15) is 5.60 Å². The minimum Gasteiger partial charge on any atom is -0.493 e. The third-order valence-electron chi connectivity index (χ3n) is 8.60. The van der Waals surface area contributed by atoms with Crippen LogP contribution < -0.4 is 25.4 Å². The predicted molar refractivity (Wildman–Crippen MR) is 189 cm³/mol. The summed E-state index contributed by atoms with van der Waals surface area (Å²) in [5, 5.41) is 20.4. The standard InChI is InChI=1S/C37H65N3O8/c1-23(2)27(18-26-14-15-32(46-12)33(19-26)47-17-13-16-45-11)20-30(40-36(44)48-37(7,8)9)31(41)21-28(24(3)4)35(43)39-29(25(5)6)22-34(42)38-10/h14-15,19,23-25,27-31,41H,13,16-18,20-22H2,1-12H3,(H,38,42)(H,39,43)(H,40,44)/t27-,28-,29+,30-,31-/m0/s1. The summed E-state index contributed by atoms with van der Waals surface area (Å²) in [5.41, 5.74) is 0.313. The van der Waals surface area contributed by atoms with Gasteiger partial charge >= 0.3 is 6.09 Å². The zero-order valence-corrected chi connectivity index (χ0v) is 31.6. The summed E-state index contributed by atoms with van der Waals surface area (Å²) >= 11 is 0. The van der Waals surface area contributed by atoms with Gasteiger partial charge in [-0.15, -0.1) is 0 Å². The Morgan fingerprint density at radius 2 is 1.52 bits per heavy atom. The van der Waals surface area contributed by atoms with Crippen molar-refractivity contribution in [3.63, 3.8) is 0 Å². The second kappa shape index (κ2) is 21.1. The third-order valence-corrected chi connectivity index (χ3v) is 8.60. The van der Waals surface area contributed by atoms with Crippen LogP contribution in [0.2, 0.25) is 0 Å². The molecule has 48 heavy (non-hydrogen) atoms. The van der Waals surface area contributed by atoms with Gasteiger partial charge in [-0.1, -0.05) is 47.6 Å². The Morgan fingerprint density at radius 1 is 0.854 bits per heavy atom. The first kappa shape index (κ1) is 43.0. The zero-order valence-electron chi connectivity index (χ0n) is 31.6. The molecule has 0 fully saturated rings. The molecule has 5 atom stereocenters. The van der Waals surface area contributed by atoms with Crippen LogP contribution in [0, 0.1) is 29.6 Å². The van der Waals surface area contributed by atoms with Crippen molar-refractivity contribution in [2.24, 2.45) is 29.6 Å². The molecule has 0 unspecified atom stereocenters. The third kappa shape index (κ3) is 15.9. The zero-order chi connectivity index (χ0) is 36.6. The Balaban J connectivity index is 3.31. The van der Waals surface area contributed by atoms with E-state index in [9.17, 15) is 19.5 Å². The van der Waals surface area contributed by atoms with Crippen molar-refractivity contribution in [2.45, 2.75) is 118 Å². The highest BCUT2D eigenvalue weighted by Gasteiger charge is 2.34. The number of hydrogen-bond acceptors (Lipinski definition) is 8. The molecule has 1 aromatic rings. The first-order chi connectivity index (χ1) is 22.4. The average Bonchev–Trinajstić information content (AvgIpc) is 2.99. The van der Waals surface area contributed by atoms with E-state index in [4.69, 9.17) is 18.9 Å². The lowest BCUT2D eigenvalue weighted by Gasteiger charge is -2.33. The molecular weight excluding hydrogens is 614 g/mol. The molecule has 0 aliphatic rings. The summed E-state index contributed by atoms with van der Waals surface area (Å²) < 4.78 is 22.3. The van der Waals surface area contributed by atoms with E-state index in [0.717, 1.165) is 12.0 Å². The van der Waals surface area contributed by atoms with E-state index in [1.54, 1.807) is 42.0 Å². The van der Waals surface area contributed by atoms with E-state index < -0.39 is 29.8 Å². The lowest BCUT2D eigenvalue weighted by molar-refractivity contribution is -0.129. The number of carbonyl (C=O) groups excluding carboxylic acids is 3. The van der Waals surface area contributed by atoms with Crippen molar-refractivity contribution in [1.29, 1.82) is 0 Å². The van der Waals surface area contributed by atoms with Crippen LogP contribution in [-0.4, -0.2) is 81.3 Å². The van der Waals surface area contributed by atoms with Crippen LogP contribution in [0.1, 0.15) is 93.6 Å². The lowest BCUT2D eigenvalue weighted by Crippen LogP contribution is -2.50. The molecule has 0 heterocycles. The maximum atomic E-state index is 13.6.